The number of nitrogens with zero attached hydrogens (tertiary/aromatic N) is 4. The molecule has 2 atom stereocenters. The van der Waals surface area contributed by atoms with E-state index < -0.39 is 29.7 Å². The molecule has 1 saturated heterocycles. The molecule has 1 fully saturated rings. The van der Waals surface area contributed by atoms with Crippen LogP contribution in [0.3, 0.4) is 0 Å². The van der Waals surface area contributed by atoms with E-state index in [1.807, 2.05) is 0 Å². The van der Waals surface area contributed by atoms with Crippen LogP contribution in [0.15, 0.2) is 34.7 Å². The Balaban J connectivity index is 2.00. The monoisotopic (exact) mass is 442 g/mol. The lowest BCUT2D eigenvalue weighted by Gasteiger charge is -2.16. The molecule has 0 bridgehead atoms. The van der Waals surface area contributed by atoms with Gasteiger partial charge in [0.25, 0.3) is 5.91 Å². The first-order valence-electron chi connectivity index (χ1n) is 7.01. The second kappa shape index (κ2) is 6.26. The lowest BCUT2D eigenvalue weighted by molar-refractivity contribution is -0.136. The van der Waals surface area contributed by atoms with E-state index in [0.717, 1.165) is 8.47 Å². The highest BCUT2D eigenvalue weighted by molar-refractivity contribution is 14.1. The molecule has 0 spiro atoms. The summed E-state index contributed by atoms with van der Waals surface area (Å²) < 4.78 is 5.78. The summed E-state index contributed by atoms with van der Waals surface area (Å²) in [5.74, 6) is -3.34. The van der Waals surface area contributed by atoms with E-state index >= 15 is 0 Å². The van der Waals surface area contributed by atoms with Gasteiger partial charge in [-0.25, -0.2) is 9.69 Å². The molecular weight excluding hydrogens is 431 g/mol. The molecule has 2 aliphatic heterocycles. The van der Waals surface area contributed by atoms with E-state index in [9.17, 15) is 19.3 Å². The number of hydrogen-bond acceptors (Lipinski definition) is 7. The predicted octanol–water partition coefficient (Wildman–Crippen LogP) is 1.07. The van der Waals surface area contributed by atoms with Gasteiger partial charge in [-0.3, -0.25) is 9.59 Å². The van der Waals surface area contributed by atoms with Crippen LogP contribution in [0.1, 0.15) is 6.92 Å². The largest absolute Gasteiger partial charge is 0.461 e. The number of imide groups is 1. The maximum absolute atomic E-state index is 12.7. The van der Waals surface area contributed by atoms with Crippen LogP contribution in [0.4, 0.5) is 5.69 Å². The van der Waals surface area contributed by atoms with E-state index in [2.05, 4.69) is 33.0 Å². The topological polar surface area (TPSA) is 109 Å². The van der Waals surface area contributed by atoms with Crippen LogP contribution >= 0.6 is 22.6 Å². The van der Waals surface area contributed by atoms with Gasteiger partial charge in [-0.15, -0.1) is 15.1 Å². The van der Waals surface area contributed by atoms with Gasteiger partial charge in [-0.1, -0.05) is 0 Å². The molecule has 10 heteroatoms. The van der Waals surface area contributed by atoms with Gasteiger partial charge < -0.3 is 4.74 Å². The number of amides is 2. The van der Waals surface area contributed by atoms with Crippen molar-refractivity contribution in [2.75, 3.05) is 11.5 Å². The fourth-order valence-electron chi connectivity index (χ4n) is 2.68. The average molecular weight is 442 g/mol. The van der Waals surface area contributed by atoms with Crippen molar-refractivity contribution in [3.8, 4) is 0 Å². The molecule has 1 aromatic carbocycles. The molecule has 1 aromatic rings. The molecule has 0 N–H and O–H groups in total. The first-order chi connectivity index (χ1) is 11.5. The Hall–Kier alpha value is -2.37. The third-order valence-corrected chi connectivity index (χ3v) is 4.40. The normalized spacial score (nSPS) is 22.5. The number of anilines is 1. The highest BCUT2D eigenvalue weighted by Gasteiger charge is 2.59. The van der Waals surface area contributed by atoms with E-state index in [1.54, 1.807) is 31.2 Å². The molecule has 24 heavy (non-hydrogen) atoms. The SMILES string of the molecule is CCOC(=O)C1=NN(N=O)[C@H]2C(=O)N(c3ccc(I)cc3)C(=O)[C@H]12. The lowest BCUT2D eigenvalue weighted by atomic mass is 9.98. The first-order valence-corrected chi connectivity index (χ1v) is 8.09. The number of carbonyl (C=O) groups is 3. The summed E-state index contributed by atoms with van der Waals surface area (Å²) in [6, 6.07) is 5.44. The van der Waals surface area contributed by atoms with Crippen molar-refractivity contribution in [3.05, 3.63) is 32.7 Å². The average Bonchev–Trinajstić information content (AvgIpc) is 3.07. The zero-order valence-corrected chi connectivity index (χ0v) is 14.5. The van der Waals surface area contributed by atoms with E-state index in [0.29, 0.717) is 10.8 Å². The van der Waals surface area contributed by atoms with Crippen molar-refractivity contribution in [1.29, 1.82) is 0 Å². The summed E-state index contributed by atoms with van der Waals surface area (Å²) in [5, 5.41) is 6.88. The minimum absolute atomic E-state index is 0.0761. The fraction of sp³-hybridized carbons (Fsp3) is 0.286. The molecule has 3 rings (SSSR count). The Morgan fingerprint density at radius 2 is 1.96 bits per heavy atom. The van der Waals surface area contributed by atoms with Gasteiger partial charge in [0.2, 0.25) is 5.91 Å². The number of hydrogen-bond donors (Lipinski definition) is 0. The van der Waals surface area contributed by atoms with Gasteiger partial charge in [0.1, 0.15) is 5.92 Å². The van der Waals surface area contributed by atoms with Gasteiger partial charge in [-0.05, 0) is 53.8 Å². The molecule has 0 aliphatic carbocycles. The van der Waals surface area contributed by atoms with Crippen LogP contribution in [0.5, 0.6) is 0 Å². The van der Waals surface area contributed by atoms with E-state index in [-0.39, 0.29) is 12.3 Å². The third-order valence-electron chi connectivity index (χ3n) is 3.68. The van der Waals surface area contributed by atoms with Crippen LogP contribution < -0.4 is 4.90 Å². The first kappa shape index (κ1) is 16.5. The van der Waals surface area contributed by atoms with Gasteiger partial charge in [0, 0.05) is 3.57 Å². The Bertz CT molecular complexity index is 763. The standard InChI is InChI=1S/C14H11IN4O5/c1-2-24-14(22)10-9-11(19(16-10)17-23)13(21)18(12(9)20)8-5-3-7(15)4-6-8/h3-6,9,11H,2H2,1H3/t9-,11-/m1/s1. The number of rotatable bonds is 4. The number of benzene rings is 1. The summed E-state index contributed by atoms with van der Waals surface area (Å²) in [7, 11) is 0. The lowest BCUT2D eigenvalue weighted by Crippen LogP contribution is -2.36. The van der Waals surface area contributed by atoms with Gasteiger partial charge in [0.05, 0.1) is 17.6 Å². The molecule has 124 valence electrons. The van der Waals surface area contributed by atoms with Gasteiger partial charge in [0.15, 0.2) is 11.8 Å². The molecular formula is C14H11IN4O5. The summed E-state index contributed by atoms with van der Waals surface area (Å²) in [4.78, 5) is 49.2. The molecule has 2 aliphatic rings. The van der Waals surface area contributed by atoms with Crippen molar-refractivity contribution in [1.82, 2.24) is 5.12 Å². The molecule has 0 aromatic heterocycles. The van der Waals surface area contributed by atoms with Crippen LogP contribution in [0, 0.1) is 14.4 Å². The summed E-state index contributed by atoms with van der Waals surface area (Å²) in [6.07, 6.45) is 0. The molecule has 2 amide bonds. The summed E-state index contributed by atoms with van der Waals surface area (Å²) in [5.41, 5.74) is 0.0710. The highest BCUT2D eigenvalue weighted by atomic mass is 127. The van der Waals surface area contributed by atoms with Gasteiger partial charge in [-0.2, -0.15) is 0 Å². The summed E-state index contributed by atoms with van der Waals surface area (Å²) >= 11 is 2.09. The number of esters is 1. The third kappa shape index (κ3) is 2.46. The Kier molecular flexibility index (Phi) is 4.30. The van der Waals surface area contributed by atoms with Crippen molar-refractivity contribution in [2.45, 2.75) is 13.0 Å². The van der Waals surface area contributed by atoms with Crippen LogP contribution in [-0.2, 0) is 19.1 Å². The number of fused-ring (bicyclic) bond motifs is 1. The zero-order valence-electron chi connectivity index (χ0n) is 12.4. The molecule has 2 heterocycles. The Morgan fingerprint density at radius 3 is 2.54 bits per heavy atom. The zero-order chi connectivity index (χ0) is 17.4. The maximum atomic E-state index is 12.7. The number of hydrazone groups is 1. The van der Waals surface area contributed by atoms with E-state index in [4.69, 9.17) is 4.74 Å². The summed E-state index contributed by atoms with van der Waals surface area (Å²) in [6.45, 7) is 1.67. The van der Waals surface area contributed by atoms with Crippen LogP contribution in [0.25, 0.3) is 0 Å². The fourth-order valence-corrected chi connectivity index (χ4v) is 3.04. The minimum Gasteiger partial charge on any atom is -0.461 e. The minimum atomic E-state index is -1.26. The maximum Gasteiger partial charge on any atom is 0.355 e. The highest BCUT2D eigenvalue weighted by Crippen LogP contribution is 2.35. The van der Waals surface area contributed by atoms with E-state index in [1.165, 1.54) is 0 Å². The van der Waals surface area contributed by atoms with Crippen molar-refractivity contribution in [2.24, 2.45) is 16.3 Å². The molecule has 0 radical (unpaired) electrons. The van der Waals surface area contributed by atoms with Crippen LogP contribution in [0.2, 0.25) is 0 Å². The van der Waals surface area contributed by atoms with Crippen molar-refractivity contribution >= 4 is 51.8 Å². The molecule has 0 unspecified atom stereocenters. The number of ether oxygens (including phenoxy) is 1. The van der Waals surface area contributed by atoms with Crippen molar-refractivity contribution in [3.63, 3.8) is 0 Å². The number of halogens is 1. The number of carbonyl (C=O) groups excluding carboxylic acids is 3. The van der Waals surface area contributed by atoms with Crippen LogP contribution in [-0.4, -0.2) is 41.3 Å². The molecule has 0 saturated carbocycles. The quantitative estimate of drug-likeness (QED) is 0.299. The second-order valence-corrected chi connectivity index (χ2v) is 6.26. The van der Waals surface area contributed by atoms with Gasteiger partial charge >= 0.3 is 5.97 Å². The molecule has 9 nitrogen and oxygen atoms in total. The number of nitroso groups, excluding NO2 is 1. The Morgan fingerprint density at radius 1 is 1.29 bits per heavy atom. The second-order valence-electron chi connectivity index (χ2n) is 5.02. The van der Waals surface area contributed by atoms with Crippen molar-refractivity contribution < 1.29 is 19.1 Å². The smallest absolute Gasteiger partial charge is 0.355 e. The predicted molar refractivity (Wildman–Crippen MR) is 90.6 cm³/mol. The Labute approximate surface area is 149 Å².